The number of hydrogen-bond acceptors (Lipinski definition) is 2. The van der Waals surface area contributed by atoms with E-state index in [0.29, 0.717) is 6.42 Å². The van der Waals surface area contributed by atoms with E-state index in [-0.39, 0.29) is 11.3 Å². The Morgan fingerprint density at radius 2 is 2.21 bits per heavy atom. The van der Waals surface area contributed by atoms with Crippen molar-refractivity contribution in [3.05, 3.63) is 12.7 Å². The molecule has 0 aromatic carbocycles. The van der Waals surface area contributed by atoms with Crippen LogP contribution in [0, 0.1) is 0 Å². The number of hydrogen-bond donors (Lipinski definition) is 1. The summed E-state index contributed by atoms with van der Waals surface area (Å²) < 4.78 is 0. The molecule has 0 heterocycles. The quantitative estimate of drug-likeness (QED) is 0.479. The van der Waals surface area contributed by atoms with Crippen LogP contribution in [-0.4, -0.2) is 17.9 Å². The minimum absolute atomic E-state index is 0.0242. The van der Waals surface area contributed by atoms with E-state index < -0.39 is 0 Å². The first-order valence-corrected chi connectivity index (χ1v) is 5.39. The predicted octanol–water partition coefficient (Wildman–Crippen LogP) is 2.69. The highest BCUT2D eigenvalue weighted by Crippen LogP contribution is 2.18. The zero-order chi connectivity index (χ0) is 11.0. The zero-order valence-corrected chi connectivity index (χ0v) is 9.73. The zero-order valence-electron chi connectivity index (χ0n) is 9.73. The molecule has 0 radical (unpaired) electrons. The van der Waals surface area contributed by atoms with Gasteiger partial charge in [0.2, 0.25) is 0 Å². The van der Waals surface area contributed by atoms with Crippen LogP contribution in [0.3, 0.4) is 0 Å². The molecular formula is C12H23NO. The number of carbonyl (C=O) groups is 1. The van der Waals surface area contributed by atoms with Crippen LogP contribution in [0.4, 0.5) is 0 Å². The summed E-state index contributed by atoms with van der Waals surface area (Å²) in [4.78, 5) is 11.1. The van der Waals surface area contributed by atoms with Gasteiger partial charge < -0.3 is 5.32 Å². The summed E-state index contributed by atoms with van der Waals surface area (Å²) in [7, 11) is 0. The summed E-state index contributed by atoms with van der Waals surface area (Å²) in [6, 6.07) is 0. The minimum atomic E-state index is -0.0242. The molecule has 14 heavy (non-hydrogen) atoms. The van der Waals surface area contributed by atoms with Gasteiger partial charge in [0, 0.05) is 12.0 Å². The van der Waals surface area contributed by atoms with Crippen molar-refractivity contribution in [2.75, 3.05) is 6.54 Å². The van der Waals surface area contributed by atoms with E-state index in [1.54, 1.807) is 6.92 Å². The van der Waals surface area contributed by atoms with Gasteiger partial charge in [0.05, 0.1) is 0 Å². The van der Waals surface area contributed by atoms with Crippen molar-refractivity contribution in [3.63, 3.8) is 0 Å². The maximum absolute atomic E-state index is 11.1. The SMILES string of the molecule is C=CCCCC(C)(CC(C)=O)NCC. The Hall–Kier alpha value is -0.630. The molecule has 0 rings (SSSR count). The molecular weight excluding hydrogens is 174 g/mol. The molecule has 0 saturated heterocycles. The number of ketones is 1. The van der Waals surface area contributed by atoms with Gasteiger partial charge in [-0.2, -0.15) is 0 Å². The molecule has 2 heteroatoms. The van der Waals surface area contributed by atoms with E-state index in [1.807, 2.05) is 6.08 Å². The number of allylic oxidation sites excluding steroid dienone is 1. The van der Waals surface area contributed by atoms with E-state index in [2.05, 4.69) is 25.7 Å². The first-order chi connectivity index (χ1) is 6.54. The Labute approximate surface area is 87.8 Å². The van der Waals surface area contributed by atoms with Crippen molar-refractivity contribution in [1.29, 1.82) is 0 Å². The summed E-state index contributed by atoms with van der Waals surface area (Å²) in [5.74, 6) is 0.257. The van der Waals surface area contributed by atoms with Gasteiger partial charge >= 0.3 is 0 Å². The van der Waals surface area contributed by atoms with Crippen LogP contribution in [0.1, 0.15) is 46.5 Å². The van der Waals surface area contributed by atoms with Crippen LogP contribution in [0.15, 0.2) is 12.7 Å². The van der Waals surface area contributed by atoms with Crippen molar-refractivity contribution < 1.29 is 4.79 Å². The summed E-state index contributed by atoms with van der Waals surface area (Å²) in [5, 5.41) is 3.39. The summed E-state index contributed by atoms with van der Waals surface area (Å²) >= 11 is 0. The highest BCUT2D eigenvalue weighted by atomic mass is 16.1. The first kappa shape index (κ1) is 13.4. The van der Waals surface area contributed by atoms with E-state index in [9.17, 15) is 4.79 Å². The van der Waals surface area contributed by atoms with Gasteiger partial charge in [0.1, 0.15) is 5.78 Å². The highest BCUT2D eigenvalue weighted by Gasteiger charge is 2.23. The second-order valence-electron chi connectivity index (χ2n) is 4.15. The largest absolute Gasteiger partial charge is 0.311 e. The normalized spacial score (nSPS) is 14.8. The molecule has 0 aliphatic rings. The van der Waals surface area contributed by atoms with Crippen molar-refractivity contribution in [1.82, 2.24) is 5.32 Å². The third-order valence-corrected chi connectivity index (χ3v) is 2.38. The van der Waals surface area contributed by atoms with Crippen molar-refractivity contribution in [2.24, 2.45) is 0 Å². The molecule has 1 unspecified atom stereocenters. The lowest BCUT2D eigenvalue weighted by molar-refractivity contribution is -0.118. The maximum Gasteiger partial charge on any atom is 0.131 e. The number of rotatable bonds is 8. The van der Waals surface area contributed by atoms with Gasteiger partial charge in [-0.05, 0) is 39.7 Å². The average Bonchev–Trinajstić information content (AvgIpc) is 2.03. The summed E-state index contributed by atoms with van der Waals surface area (Å²) in [6.45, 7) is 10.5. The molecule has 0 aliphatic carbocycles. The van der Waals surface area contributed by atoms with Crippen molar-refractivity contribution in [2.45, 2.75) is 52.0 Å². The van der Waals surface area contributed by atoms with Crippen LogP contribution in [0.5, 0.6) is 0 Å². The number of nitrogens with one attached hydrogen (secondary N) is 1. The van der Waals surface area contributed by atoms with E-state index >= 15 is 0 Å². The molecule has 0 bridgehead atoms. The second-order valence-corrected chi connectivity index (χ2v) is 4.15. The van der Waals surface area contributed by atoms with Crippen molar-refractivity contribution >= 4 is 5.78 Å². The Morgan fingerprint density at radius 1 is 1.57 bits per heavy atom. The second kappa shape index (κ2) is 6.77. The van der Waals surface area contributed by atoms with Gasteiger partial charge in [-0.15, -0.1) is 6.58 Å². The molecule has 0 saturated carbocycles. The van der Waals surface area contributed by atoms with E-state index in [4.69, 9.17) is 0 Å². The molecule has 2 nitrogen and oxygen atoms in total. The Kier molecular flexibility index (Phi) is 6.46. The molecule has 0 aromatic rings. The molecule has 0 aliphatic heterocycles. The van der Waals surface area contributed by atoms with Gasteiger partial charge in [-0.3, -0.25) is 4.79 Å². The lowest BCUT2D eigenvalue weighted by atomic mass is 9.89. The van der Waals surface area contributed by atoms with Gasteiger partial charge in [0.25, 0.3) is 0 Å². The summed E-state index contributed by atoms with van der Waals surface area (Å²) in [5.41, 5.74) is -0.0242. The van der Waals surface area contributed by atoms with E-state index in [0.717, 1.165) is 25.8 Å². The maximum atomic E-state index is 11.1. The fraction of sp³-hybridized carbons (Fsp3) is 0.750. The topological polar surface area (TPSA) is 29.1 Å². The highest BCUT2D eigenvalue weighted by molar-refractivity contribution is 5.76. The summed E-state index contributed by atoms with van der Waals surface area (Å²) in [6.07, 6.45) is 5.71. The van der Waals surface area contributed by atoms with E-state index in [1.165, 1.54) is 0 Å². The van der Waals surface area contributed by atoms with Crippen LogP contribution in [-0.2, 0) is 4.79 Å². The third-order valence-electron chi connectivity index (χ3n) is 2.38. The predicted molar refractivity (Wildman–Crippen MR) is 61.4 cm³/mol. The standard InChI is InChI=1S/C12H23NO/c1-5-7-8-9-12(4,13-6-2)10-11(3)14/h5,13H,1,6-10H2,2-4H3. The molecule has 0 amide bonds. The van der Waals surface area contributed by atoms with Crippen LogP contribution >= 0.6 is 0 Å². The fourth-order valence-corrected chi connectivity index (χ4v) is 1.85. The molecule has 1 N–H and O–H groups in total. The molecule has 82 valence electrons. The monoisotopic (exact) mass is 197 g/mol. The van der Waals surface area contributed by atoms with Crippen LogP contribution in [0.25, 0.3) is 0 Å². The van der Waals surface area contributed by atoms with Gasteiger partial charge in [-0.25, -0.2) is 0 Å². The third kappa shape index (κ3) is 5.92. The fourth-order valence-electron chi connectivity index (χ4n) is 1.85. The van der Waals surface area contributed by atoms with Crippen molar-refractivity contribution in [3.8, 4) is 0 Å². The molecule has 0 spiro atoms. The van der Waals surface area contributed by atoms with Crippen LogP contribution < -0.4 is 5.32 Å². The Balaban J connectivity index is 4.08. The number of unbranched alkanes of at least 4 members (excludes halogenated alkanes) is 1. The lowest BCUT2D eigenvalue weighted by Crippen LogP contribution is -2.43. The van der Waals surface area contributed by atoms with Gasteiger partial charge in [0.15, 0.2) is 0 Å². The Morgan fingerprint density at radius 3 is 2.64 bits per heavy atom. The molecule has 0 fully saturated rings. The average molecular weight is 197 g/mol. The molecule has 0 aromatic heterocycles. The Bertz CT molecular complexity index is 189. The number of carbonyl (C=O) groups excluding carboxylic acids is 1. The number of Topliss-reactive ketones (excluding diaryl/α,β-unsaturated/α-hetero) is 1. The molecule has 1 atom stereocenters. The van der Waals surface area contributed by atoms with Crippen LogP contribution in [0.2, 0.25) is 0 Å². The lowest BCUT2D eigenvalue weighted by Gasteiger charge is -2.29. The van der Waals surface area contributed by atoms with Gasteiger partial charge in [-0.1, -0.05) is 13.0 Å². The smallest absolute Gasteiger partial charge is 0.131 e. The minimum Gasteiger partial charge on any atom is -0.311 e. The first-order valence-electron chi connectivity index (χ1n) is 5.39.